The molecule has 0 bridgehead atoms. The second-order valence-corrected chi connectivity index (χ2v) is 5.44. The normalized spacial score (nSPS) is 12.9. The Bertz CT molecular complexity index is 280. The van der Waals surface area contributed by atoms with Gasteiger partial charge < -0.3 is 4.65 Å². The molecule has 77 valence electrons. The summed E-state index contributed by atoms with van der Waals surface area (Å²) in [5.41, 5.74) is 0.525. The maximum atomic E-state index is 5.67. The van der Waals surface area contributed by atoms with E-state index in [0.717, 1.165) is 5.59 Å². The third-order valence-corrected chi connectivity index (χ3v) is 3.01. The van der Waals surface area contributed by atoms with Gasteiger partial charge in [-0.25, -0.2) is 0 Å². The molecule has 14 heavy (non-hydrogen) atoms. The van der Waals surface area contributed by atoms with Crippen molar-refractivity contribution in [3.05, 3.63) is 12.3 Å². The van der Waals surface area contributed by atoms with Crippen molar-refractivity contribution < 1.29 is 4.65 Å². The maximum absolute atomic E-state index is 5.67. The summed E-state index contributed by atoms with van der Waals surface area (Å²) in [4.78, 5) is 0. The van der Waals surface area contributed by atoms with Crippen LogP contribution in [0.15, 0.2) is 12.3 Å². The van der Waals surface area contributed by atoms with Crippen molar-refractivity contribution in [3.8, 4) is 0 Å². The van der Waals surface area contributed by atoms with E-state index in [9.17, 15) is 0 Å². The maximum Gasteiger partial charge on any atom is 0.350 e. The van der Waals surface area contributed by atoms with Gasteiger partial charge in [0.25, 0.3) is 0 Å². The van der Waals surface area contributed by atoms with E-state index in [4.69, 9.17) is 4.65 Å². The topological polar surface area (TPSA) is 37.9 Å². The molecule has 0 aliphatic heterocycles. The van der Waals surface area contributed by atoms with Crippen molar-refractivity contribution >= 4 is 25.7 Å². The van der Waals surface area contributed by atoms with Crippen molar-refractivity contribution in [2.24, 2.45) is 0 Å². The first-order valence-electron chi connectivity index (χ1n) is 4.56. The van der Waals surface area contributed by atoms with Crippen LogP contribution in [0.25, 0.3) is 0 Å². The van der Waals surface area contributed by atoms with E-state index in [1.807, 2.05) is 33.8 Å². The number of H-pyrrole nitrogens is 1. The van der Waals surface area contributed by atoms with Gasteiger partial charge in [0.15, 0.2) is 0 Å². The minimum atomic E-state index is -0.332. The zero-order valence-electron chi connectivity index (χ0n) is 9.03. The number of nitrogens with zero attached hydrogens (tertiary/aromatic N) is 1. The number of hydrogen-bond donors (Lipinski definition) is 2. The molecule has 1 aromatic heterocycles. The Labute approximate surface area is 91.3 Å². The van der Waals surface area contributed by atoms with Gasteiger partial charge in [-0.2, -0.15) is 17.7 Å². The number of aromatic amines is 1. The summed E-state index contributed by atoms with van der Waals surface area (Å²) in [7, 11) is 1.67. The van der Waals surface area contributed by atoms with Crippen molar-refractivity contribution in [3.63, 3.8) is 0 Å². The van der Waals surface area contributed by atoms with Crippen molar-refractivity contribution in [1.82, 2.24) is 10.2 Å². The van der Waals surface area contributed by atoms with Crippen molar-refractivity contribution in [2.75, 3.05) is 0 Å². The SMILES string of the molecule is CC(C)(S)C(C)(C)O[B]c1ccn[nH]1. The van der Waals surface area contributed by atoms with Crippen LogP contribution in [-0.2, 0) is 4.65 Å². The second kappa shape index (κ2) is 3.99. The molecule has 0 aliphatic carbocycles. The van der Waals surface area contributed by atoms with E-state index in [1.165, 1.54) is 0 Å². The van der Waals surface area contributed by atoms with E-state index in [1.54, 1.807) is 13.7 Å². The molecule has 5 heteroatoms. The molecule has 1 rings (SSSR count). The zero-order valence-corrected chi connectivity index (χ0v) is 9.93. The molecule has 0 amide bonds. The first-order valence-corrected chi connectivity index (χ1v) is 5.00. The van der Waals surface area contributed by atoms with Crippen LogP contribution in [0.5, 0.6) is 0 Å². The van der Waals surface area contributed by atoms with Crippen LogP contribution in [0.2, 0.25) is 0 Å². The largest absolute Gasteiger partial charge is 0.426 e. The Morgan fingerprint density at radius 3 is 2.50 bits per heavy atom. The lowest BCUT2D eigenvalue weighted by atomic mass is 9.87. The Morgan fingerprint density at radius 2 is 2.07 bits per heavy atom. The summed E-state index contributed by atoms with van der Waals surface area (Å²) < 4.78 is 5.46. The molecule has 0 saturated heterocycles. The number of rotatable bonds is 4. The number of hydrogen-bond acceptors (Lipinski definition) is 3. The molecule has 0 atom stereocenters. The average molecular weight is 211 g/mol. The van der Waals surface area contributed by atoms with Gasteiger partial charge in [0.05, 0.1) is 5.60 Å². The lowest BCUT2D eigenvalue weighted by molar-refractivity contribution is 0.0853. The Balaban J connectivity index is 2.53. The average Bonchev–Trinajstić information content (AvgIpc) is 2.50. The van der Waals surface area contributed by atoms with Gasteiger partial charge in [-0.15, -0.1) is 0 Å². The summed E-state index contributed by atoms with van der Waals surface area (Å²) in [5, 5.41) is 6.64. The summed E-state index contributed by atoms with van der Waals surface area (Å²) in [6, 6.07) is 1.85. The Hall–Kier alpha value is -0.415. The van der Waals surface area contributed by atoms with Gasteiger partial charge in [0, 0.05) is 16.5 Å². The number of thiol groups is 1. The lowest BCUT2D eigenvalue weighted by Gasteiger charge is -2.38. The summed E-state index contributed by atoms with van der Waals surface area (Å²) in [5.74, 6) is 0. The Kier molecular flexibility index (Phi) is 3.32. The van der Waals surface area contributed by atoms with E-state index in [-0.39, 0.29) is 10.3 Å². The van der Waals surface area contributed by atoms with Gasteiger partial charge in [-0.3, -0.25) is 5.10 Å². The van der Waals surface area contributed by atoms with Crippen LogP contribution >= 0.6 is 12.6 Å². The Morgan fingerprint density at radius 1 is 1.43 bits per heavy atom. The smallest absolute Gasteiger partial charge is 0.350 e. The molecule has 0 fully saturated rings. The molecule has 0 saturated carbocycles. The van der Waals surface area contributed by atoms with E-state index in [0.29, 0.717) is 0 Å². The fourth-order valence-corrected chi connectivity index (χ4v) is 0.740. The third kappa shape index (κ3) is 2.79. The minimum absolute atomic E-state index is 0.205. The predicted molar refractivity (Wildman–Crippen MR) is 62.2 cm³/mol. The van der Waals surface area contributed by atoms with Crippen molar-refractivity contribution in [2.45, 2.75) is 38.0 Å². The molecule has 1 radical (unpaired) electrons. The lowest BCUT2D eigenvalue weighted by Crippen LogP contribution is -2.45. The third-order valence-electron chi connectivity index (χ3n) is 2.48. The van der Waals surface area contributed by atoms with Gasteiger partial charge in [-0.1, -0.05) is 0 Å². The summed E-state index contributed by atoms with van der Waals surface area (Å²) in [6.07, 6.45) is 1.69. The molecule has 0 aliphatic rings. The standard InChI is InChI=1S/C9H16BN2OS/c1-8(2,9(3,4)14)13-10-7-5-6-11-12-7/h5-6,14H,1-4H3,(H,11,12). The molecule has 0 spiro atoms. The van der Waals surface area contributed by atoms with E-state index >= 15 is 0 Å². The van der Waals surface area contributed by atoms with Gasteiger partial charge in [0.2, 0.25) is 0 Å². The zero-order chi connectivity index (χ0) is 10.8. The second-order valence-electron chi connectivity index (χ2n) is 4.32. The molecule has 3 nitrogen and oxygen atoms in total. The molecule has 1 N–H and O–H groups in total. The molecule has 1 aromatic rings. The van der Waals surface area contributed by atoms with E-state index in [2.05, 4.69) is 22.8 Å². The highest BCUT2D eigenvalue weighted by molar-refractivity contribution is 7.81. The predicted octanol–water partition coefficient (Wildman–Crippen LogP) is 1.16. The first kappa shape index (κ1) is 11.7. The number of aromatic nitrogens is 2. The van der Waals surface area contributed by atoms with Gasteiger partial charge in [0.1, 0.15) is 0 Å². The van der Waals surface area contributed by atoms with Crippen LogP contribution in [0.1, 0.15) is 27.7 Å². The highest BCUT2D eigenvalue weighted by Crippen LogP contribution is 2.30. The highest BCUT2D eigenvalue weighted by atomic mass is 32.1. The molecule has 0 unspecified atom stereocenters. The monoisotopic (exact) mass is 211 g/mol. The fraction of sp³-hybridized carbons (Fsp3) is 0.667. The summed E-state index contributed by atoms with van der Waals surface area (Å²) in [6.45, 7) is 8.06. The highest BCUT2D eigenvalue weighted by Gasteiger charge is 2.34. The summed E-state index contributed by atoms with van der Waals surface area (Å²) >= 11 is 4.50. The minimum Gasteiger partial charge on any atom is -0.426 e. The molecular formula is C9H16BN2OS. The van der Waals surface area contributed by atoms with Crippen LogP contribution < -0.4 is 5.59 Å². The van der Waals surface area contributed by atoms with Crippen molar-refractivity contribution in [1.29, 1.82) is 0 Å². The van der Waals surface area contributed by atoms with Gasteiger partial charge in [-0.05, 0) is 33.8 Å². The molecule has 1 heterocycles. The van der Waals surface area contributed by atoms with Crippen LogP contribution in [-0.4, -0.2) is 28.0 Å². The first-order chi connectivity index (χ1) is 6.33. The number of nitrogens with one attached hydrogen (secondary N) is 1. The quantitative estimate of drug-likeness (QED) is 0.579. The van der Waals surface area contributed by atoms with Crippen LogP contribution in [0, 0.1) is 0 Å². The molecule has 0 aromatic carbocycles. The van der Waals surface area contributed by atoms with E-state index < -0.39 is 0 Å². The van der Waals surface area contributed by atoms with Crippen LogP contribution in [0.3, 0.4) is 0 Å². The van der Waals surface area contributed by atoms with Crippen LogP contribution in [0.4, 0.5) is 0 Å². The molecular weight excluding hydrogens is 195 g/mol. The fourth-order valence-electron chi connectivity index (χ4n) is 0.687. The van der Waals surface area contributed by atoms with Gasteiger partial charge >= 0.3 is 7.48 Å².